The van der Waals surface area contributed by atoms with Crippen molar-refractivity contribution in [3.8, 4) is 0 Å². The van der Waals surface area contributed by atoms with Crippen molar-refractivity contribution in [1.82, 2.24) is 9.80 Å². The van der Waals surface area contributed by atoms with Crippen molar-refractivity contribution in [3.05, 3.63) is 39.9 Å². The zero-order chi connectivity index (χ0) is 16.2. The van der Waals surface area contributed by atoms with Crippen LogP contribution >= 0.6 is 0 Å². The SMILES string of the molecule is O=C(c1ccc([N+](=O)[O-])cc1)N1CCN(CC2CCCO2)CC1. The van der Waals surface area contributed by atoms with Gasteiger partial charge in [0.2, 0.25) is 0 Å². The highest BCUT2D eigenvalue weighted by Gasteiger charge is 2.25. The number of ether oxygens (including phenoxy) is 1. The first-order valence-electron chi connectivity index (χ1n) is 8.01. The van der Waals surface area contributed by atoms with E-state index in [0.717, 1.165) is 39.1 Å². The summed E-state index contributed by atoms with van der Waals surface area (Å²) >= 11 is 0. The number of benzene rings is 1. The Balaban J connectivity index is 1.52. The summed E-state index contributed by atoms with van der Waals surface area (Å²) in [5, 5.41) is 10.7. The number of non-ortho nitro benzene ring substituents is 1. The molecular weight excluding hydrogens is 298 g/mol. The molecule has 2 aliphatic heterocycles. The van der Waals surface area contributed by atoms with Crippen LogP contribution < -0.4 is 0 Å². The minimum absolute atomic E-state index is 0.00272. The Morgan fingerprint density at radius 3 is 2.48 bits per heavy atom. The second-order valence-electron chi connectivity index (χ2n) is 6.03. The van der Waals surface area contributed by atoms with Gasteiger partial charge in [0, 0.05) is 57.0 Å². The van der Waals surface area contributed by atoms with Gasteiger partial charge < -0.3 is 9.64 Å². The van der Waals surface area contributed by atoms with Gasteiger partial charge in [-0.1, -0.05) is 0 Å². The highest BCUT2D eigenvalue weighted by molar-refractivity contribution is 5.94. The average molecular weight is 319 g/mol. The molecule has 7 nitrogen and oxygen atoms in total. The first-order chi connectivity index (χ1) is 11.1. The molecule has 0 spiro atoms. The lowest BCUT2D eigenvalue weighted by molar-refractivity contribution is -0.384. The lowest BCUT2D eigenvalue weighted by Gasteiger charge is -2.35. The molecule has 2 fully saturated rings. The van der Waals surface area contributed by atoms with Gasteiger partial charge in [0.1, 0.15) is 0 Å². The molecule has 1 amide bonds. The van der Waals surface area contributed by atoms with Crippen LogP contribution in [0, 0.1) is 10.1 Å². The van der Waals surface area contributed by atoms with Crippen LogP contribution in [0.25, 0.3) is 0 Å². The predicted molar refractivity (Wildman–Crippen MR) is 84.4 cm³/mol. The van der Waals surface area contributed by atoms with E-state index in [-0.39, 0.29) is 11.6 Å². The molecule has 2 heterocycles. The van der Waals surface area contributed by atoms with Crippen LogP contribution in [0.2, 0.25) is 0 Å². The number of rotatable bonds is 4. The van der Waals surface area contributed by atoms with Crippen molar-refractivity contribution in [2.45, 2.75) is 18.9 Å². The number of hydrogen-bond donors (Lipinski definition) is 0. The Morgan fingerprint density at radius 1 is 1.22 bits per heavy atom. The molecule has 1 aromatic rings. The van der Waals surface area contributed by atoms with Gasteiger partial charge in [-0.3, -0.25) is 19.8 Å². The number of nitro groups is 1. The largest absolute Gasteiger partial charge is 0.377 e. The van der Waals surface area contributed by atoms with E-state index in [0.29, 0.717) is 24.8 Å². The first kappa shape index (κ1) is 15.9. The van der Waals surface area contributed by atoms with E-state index in [1.54, 1.807) is 0 Å². The van der Waals surface area contributed by atoms with Crippen LogP contribution in [0.4, 0.5) is 5.69 Å². The van der Waals surface area contributed by atoms with E-state index >= 15 is 0 Å². The topological polar surface area (TPSA) is 75.9 Å². The number of carbonyl (C=O) groups is 1. The summed E-state index contributed by atoms with van der Waals surface area (Å²) in [5.41, 5.74) is 0.506. The molecule has 2 aliphatic rings. The lowest BCUT2D eigenvalue weighted by Crippen LogP contribution is -2.50. The average Bonchev–Trinajstić information content (AvgIpc) is 3.08. The van der Waals surface area contributed by atoms with Crippen molar-refractivity contribution in [2.24, 2.45) is 0 Å². The van der Waals surface area contributed by atoms with Crippen molar-refractivity contribution in [1.29, 1.82) is 0 Å². The third-order valence-corrected chi connectivity index (χ3v) is 4.47. The first-order valence-corrected chi connectivity index (χ1v) is 8.01. The summed E-state index contributed by atoms with van der Waals surface area (Å²) < 4.78 is 5.65. The molecule has 3 rings (SSSR count). The van der Waals surface area contributed by atoms with Gasteiger partial charge in [-0.25, -0.2) is 0 Å². The Bertz CT molecular complexity index is 561. The molecular formula is C16H21N3O4. The van der Waals surface area contributed by atoms with Crippen molar-refractivity contribution < 1.29 is 14.5 Å². The second-order valence-corrected chi connectivity index (χ2v) is 6.03. The van der Waals surface area contributed by atoms with E-state index in [4.69, 9.17) is 4.74 Å². The minimum Gasteiger partial charge on any atom is -0.377 e. The van der Waals surface area contributed by atoms with E-state index < -0.39 is 4.92 Å². The van der Waals surface area contributed by atoms with Crippen LogP contribution in [0.1, 0.15) is 23.2 Å². The predicted octanol–water partition coefficient (Wildman–Crippen LogP) is 1.53. The van der Waals surface area contributed by atoms with Crippen molar-refractivity contribution in [3.63, 3.8) is 0 Å². The Hall–Kier alpha value is -1.99. The monoisotopic (exact) mass is 319 g/mol. The van der Waals surface area contributed by atoms with E-state index in [1.807, 2.05) is 4.90 Å². The number of piperazine rings is 1. The van der Waals surface area contributed by atoms with Gasteiger partial charge in [0.25, 0.3) is 11.6 Å². The molecule has 0 aliphatic carbocycles. The van der Waals surface area contributed by atoms with Crippen LogP contribution in [-0.4, -0.2) is 66.1 Å². The molecule has 1 aromatic carbocycles. The van der Waals surface area contributed by atoms with E-state index in [2.05, 4.69) is 4.90 Å². The van der Waals surface area contributed by atoms with Gasteiger partial charge in [-0.2, -0.15) is 0 Å². The lowest BCUT2D eigenvalue weighted by atomic mass is 10.1. The van der Waals surface area contributed by atoms with Crippen LogP contribution in [0.5, 0.6) is 0 Å². The molecule has 0 aromatic heterocycles. The van der Waals surface area contributed by atoms with Crippen LogP contribution in [-0.2, 0) is 4.74 Å². The molecule has 124 valence electrons. The fourth-order valence-electron chi connectivity index (χ4n) is 3.12. The van der Waals surface area contributed by atoms with Crippen molar-refractivity contribution in [2.75, 3.05) is 39.3 Å². The minimum atomic E-state index is -0.460. The molecule has 23 heavy (non-hydrogen) atoms. The van der Waals surface area contributed by atoms with Gasteiger partial charge in [-0.15, -0.1) is 0 Å². The third kappa shape index (κ3) is 3.86. The maximum Gasteiger partial charge on any atom is 0.269 e. The van der Waals surface area contributed by atoms with Gasteiger partial charge in [0.05, 0.1) is 11.0 Å². The number of amides is 1. The Morgan fingerprint density at radius 2 is 1.91 bits per heavy atom. The summed E-state index contributed by atoms with van der Waals surface area (Å²) in [4.78, 5) is 26.8. The third-order valence-electron chi connectivity index (χ3n) is 4.47. The molecule has 2 saturated heterocycles. The molecule has 1 atom stereocenters. The molecule has 0 saturated carbocycles. The number of carbonyl (C=O) groups excluding carboxylic acids is 1. The molecule has 0 radical (unpaired) electrons. The zero-order valence-electron chi connectivity index (χ0n) is 13.0. The van der Waals surface area contributed by atoms with E-state index in [1.165, 1.54) is 24.3 Å². The highest BCUT2D eigenvalue weighted by atomic mass is 16.6. The molecule has 0 bridgehead atoms. The smallest absolute Gasteiger partial charge is 0.269 e. The maximum absolute atomic E-state index is 12.4. The van der Waals surface area contributed by atoms with Gasteiger partial charge in [0.15, 0.2) is 0 Å². The van der Waals surface area contributed by atoms with Gasteiger partial charge in [-0.05, 0) is 25.0 Å². The zero-order valence-corrected chi connectivity index (χ0v) is 13.0. The number of nitrogens with zero attached hydrogens (tertiary/aromatic N) is 3. The number of nitro benzene ring substituents is 1. The fourth-order valence-corrected chi connectivity index (χ4v) is 3.12. The standard InChI is InChI=1S/C16H21N3O4/c20-16(13-3-5-14(6-4-13)19(21)22)18-9-7-17(8-10-18)12-15-2-1-11-23-15/h3-6,15H,1-2,7-12H2. The fraction of sp³-hybridized carbons (Fsp3) is 0.562. The van der Waals surface area contributed by atoms with Crippen LogP contribution in [0.15, 0.2) is 24.3 Å². The summed E-state index contributed by atoms with van der Waals surface area (Å²) in [6, 6.07) is 5.81. The Labute approximate surface area is 135 Å². The molecule has 7 heteroatoms. The second kappa shape index (κ2) is 7.06. The Kier molecular flexibility index (Phi) is 4.88. The maximum atomic E-state index is 12.4. The summed E-state index contributed by atoms with van der Waals surface area (Å²) in [5.74, 6) is -0.0586. The highest BCUT2D eigenvalue weighted by Crippen LogP contribution is 2.17. The quantitative estimate of drug-likeness (QED) is 0.621. The van der Waals surface area contributed by atoms with Crippen molar-refractivity contribution >= 4 is 11.6 Å². The van der Waals surface area contributed by atoms with Gasteiger partial charge >= 0.3 is 0 Å². The normalized spacial score (nSPS) is 22.3. The summed E-state index contributed by atoms with van der Waals surface area (Å²) in [6.45, 7) is 4.87. The number of hydrogen-bond acceptors (Lipinski definition) is 5. The summed E-state index contributed by atoms with van der Waals surface area (Å²) in [7, 11) is 0. The molecule has 0 N–H and O–H groups in total. The van der Waals surface area contributed by atoms with E-state index in [9.17, 15) is 14.9 Å². The summed E-state index contributed by atoms with van der Waals surface area (Å²) in [6.07, 6.45) is 2.61. The molecule has 1 unspecified atom stereocenters. The van der Waals surface area contributed by atoms with Crippen LogP contribution in [0.3, 0.4) is 0 Å².